The van der Waals surface area contributed by atoms with Crippen molar-refractivity contribution >= 4 is 7.92 Å². The van der Waals surface area contributed by atoms with Crippen LogP contribution in [0.3, 0.4) is 0 Å². The molecule has 0 bridgehead atoms. The Morgan fingerprint density at radius 2 is 1.47 bits per heavy atom. The summed E-state index contributed by atoms with van der Waals surface area (Å²) in [4.78, 5) is 0. The van der Waals surface area contributed by atoms with Crippen LogP contribution in [-0.4, -0.2) is 18.5 Å². The van der Waals surface area contributed by atoms with Crippen molar-refractivity contribution in [1.29, 1.82) is 0 Å². The molecule has 0 nitrogen and oxygen atoms in total. The van der Waals surface area contributed by atoms with Gasteiger partial charge in [-0.3, -0.25) is 0 Å². The van der Waals surface area contributed by atoms with E-state index in [0.29, 0.717) is 7.92 Å². The third kappa shape index (κ3) is 9.16. The van der Waals surface area contributed by atoms with Gasteiger partial charge in [0.1, 0.15) is 0 Å². The Morgan fingerprint density at radius 1 is 0.867 bits per heavy atom. The second kappa shape index (κ2) is 11.9. The van der Waals surface area contributed by atoms with Gasteiger partial charge >= 0.3 is 29.6 Å². The molecule has 1 heterocycles. The van der Waals surface area contributed by atoms with E-state index in [1.54, 1.807) is 31.3 Å². The van der Waals surface area contributed by atoms with Crippen molar-refractivity contribution in [3.63, 3.8) is 0 Å². The van der Waals surface area contributed by atoms with Crippen molar-refractivity contribution < 1.29 is 31.0 Å². The van der Waals surface area contributed by atoms with E-state index in [0.717, 1.165) is 0 Å². The SMILES string of the molecule is CCCCCCCCP1CCCCC1.[H-].[Na+]. The molecule has 0 aliphatic carbocycles. The quantitative estimate of drug-likeness (QED) is 0.362. The summed E-state index contributed by atoms with van der Waals surface area (Å²) < 4.78 is 0. The Morgan fingerprint density at radius 3 is 2.13 bits per heavy atom. The number of unbranched alkanes of at least 4 members (excludes halogenated alkanes) is 5. The van der Waals surface area contributed by atoms with E-state index in [-0.39, 0.29) is 31.0 Å². The third-order valence-electron chi connectivity index (χ3n) is 3.28. The standard InChI is InChI=1S/C13H27P.Na.H/c1-2-3-4-5-6-8-11-14-12-9-7-10-13-14;;/h2-13H2,1H3;;/q;+1;-1. The summed E-state index contributed by atoms with van der Waals surface area (Å²) in [5.74, 6) is 0. The average Bonchev–Trinajstić information content (AvgIpc) is 2.25. The summed E-state index contributed by atoms with van der Waals surface area (Å²) in [5.41, 5.74) is 0. The fraction of sp³-hybridized carbons (Fsp3) is 1.00. The topological polar surface area (TPSA) is 0 Å². The van der Waals surface area contributed by atoms with E-state index < -0.39 is 0 Å². The van der Waals surface area contributed by atoms with Crippen LogP contribution >= 0.6 is 7.92 Å². The molecule has 0 spiro atoms. The zero-order valence-corrected chi connectivity index (χ0v) is 13.8. The minimum absolute atomic E-state index is 0. The minimum Gasteiger partial charge on any atom is -1.00 e. The van der Waals surface area contributed by atoms with Gasteiger partial charge in [0, 0.05) is 0 Å². The second-order valence-corrected chi connectivity index (χ2v) is 7.35. The second-order valence-electron chi connectivity index (χ2n) is 4.67. The Balaban J connectivity index is 0. The van der Waals surface area contributed by atoms with Crippen molar-refractivity contribution in [2.24, 2.45) is 0 Å². The van der Waals surface area contributed by atoms with E-state index in [4.69, 9.17) is 0 Å². The van der Waals surface area contributed by atoms with Gasteiger partial charge in [0.25, 0.3) is 0 Å². The van der Waals surface area contributed by atoms with Gasteiger partial charge in [0.05, 0.1) is 0 Å². The molecule has 0 aromatic heterocycles. The Labute approximate surface area is 122 Å². The van der Waals surface area contributed by atoms with Crippen LogP contribution in [0.2, 0.25) is 0 Å². The molecule has 0 radical (unpaired) electrons. The molecule has 15 heavy (non-hydrogen) atoms. The van der Waals surface area contributed by atoms with Crippen LogP contribution < -0.4 is 29.6 Å². The van der Waals surface area contributed by atoms with Crippen molar-refractivity contribution in [1.82, 2.24) is 0 Å². The zero-order valence-electron chi connectivity index (χ0n) is 11.9. The Kier molecular flexibility index (Phi) is 13.0. The van der Waals surface area contributed by atoms with E-state index in [2.05, 4.69) is 6.92 Å². The minimum atomic E-state index is 0. The predicted octanol–water partition coefficient (Wildman–Crippen LogP) is 2.13. The van der Waals surface area contributed by atoms with E-state index in [9.17, 15) is 0 Å². The summed E-state index contributed by atoms with van der Waals surface area (Å²) in [6, 6.07) is 0. The molecule has 0 aromatic rings. The predicted molar refractivity (Wildman–Crippen MR) is 69.9 cm³/mol. The maximum atomic E-state index is 2.30. The van der Waals surface area contributed by atoms with Gasteiger partial charge in [-0.05, 0) is 37.7 Å². The molecule has 1 aliphatic heterocycles. The van der Waals surface area contributed by atoms with E-state index >= 15 is 0 Å². The summed E-state index contributed by atoms with van der Waals surface area (Å²) >= 11 is 0. The molecule has 86 valence electrons. The Bertz CT molecular complexity index is 127. The number of hydrogen-bond acceptors (Lipinski definition) is 0. The van der Waals surface area contributed by atoms with Crippen LogP contribution in [-0.2, 0) is 0 Å². The maximum Gasteiger partial charge on any atom is 1.00 e. The first kappa shape index (κ1) is 16.4. The summed E-state index contributed by atoms with van der Waals surface area (Å²) in [6.45, 7) is 2.30. The molecular weight excluding hydrogens is 210 g/mol. The molecule has 2 heteroatoms. The zero-order chi connectivity index (χ0) is 10.1. The van der Waals surface area contributed by atoms with Gasteiger partial charge in [0.15, 0.2) is 0 Å². The van der Waals surface area contributed by atoms with Crippen LogP contribution in [0.5, 0.6) is 0 Å². The molecule has 0 aromatic carbocycles. The first-order valence-corrected chi connectivity index (χ1v) is 8.55. The first-order valence-electron chi connectivity index (χ1n) is 6.66. The van der Waals surface area contributed by atoms with Crippen LogP contribution in [0, 0.1) is 0 Å². The average molecular weight is 238 g/mol. The fourth-order valence-electron chi connectivity index (χ4n) is 2.30. The largest absolute Gasteiger partial charge is 1.00 e. The summed E-state index contributed by atoms with van der Waals surface area (Å²) in [5, 5.41) is 0. The van der Waals surface area contributed by atoms with Crippen molar-refractivity contribution in [3.05, 3.63) is 0 Å². The normalized spacial score (nSPS) is 17.4. The molecule has 1 aliphatic rings. The Hall–Kier alpha value is 1.43. The van der Waals surface area contributed by atoms with Gasteiger partial charge in [-0.1, -0.05) is 45.4 Å². The van der Waals surface area contributed by atoms with Gasteiger partial charge < -0.3 is 1.43 Å². The summed E-state index contributed by atoms with van der Waals surface area (Å²) in [6.07, 6.45) is 18.3. The molecule has 1 saturated heterocycles. The number of hydrogen-bond donors (Lipinski definition) is 0. The molecule has 1 rings (SSSR count). The molecule has 0 amide bonds. The molecule has 0 unspecified atom stereocenters. The molecule has 0 N–H and O–H groups in total. The van der Waals surface area contributed by atoms with E-state index in [1.165, 1.54) is 44.9 Å². The van der Waals surface area contributed by atoms with Gasteiger partial charge in [-0.15, -0.1) is 7.92 Å². The smallest absolute Gasteiger partial charge is 1.00 e. The van der Waals surface area contributed by atoms with Crippen LogP contribution in [0.1, 0.15) is 66.1 Å². The molecule has 0 atom stereocenters. The van der Waals surface area contributed by atoms with Crippen LogP contribution in [0.4, 0.5) is 0 Å². The molecule has 1 fully saturated rings. The first-order chi connectivity index (χ1) is 6.93. The van der Waals surface area contributed by atoms with Crippen molar-refractivity contribution in [2.75, 3.05) is 18.5 Å². The van der Waals surface area contributed by atoms with Crippen molar-refractivity contribution in [3.8, 4) is 0 Å². The third-order valence-corrected chi connectivity index (χ3v) is 6.12. The van der Waals surface area contributed by atoms with Crippen LogP contribution in [0.25, 0.3) is 0 Å². The summed E-state index contributed by atoms with van der Waals surface area (Å²) in [7, 11) is 0.504. The van der Waals surface area contributed by atoms with E-state index in [1.807, 2.05) is 0 Å². The van der Waals surface area contributed by atoms with Gasteiger partial charge in [-0.2, -0.15) is 0 Å². The maximum absolute atomic E-state index is 2.30. The molecule has 0 saturated carbocycles. The van der Waals surface area contributed by atoms with Crippen molar-refractivity contribution in [2.45, 2.75) is 64.7 Å². The van der Waals surface area contributed by atoms with Gasteiger partial charge in [0.2, 0.25) is 0 Å². The van der Waals surface area contributed by atoms with Crippen LogP contribution in [0.15, 0.2) is 0 Å². The monoisotopic (exact) mass is 238 g/mol. The molecular formula is C13H28NaP. The number of rotatable bonds is 7. The van der Waals surface area contributed by atoms with Gasteiger partial charge in [-0.25, -0.2) is 0 Å². The fourth-order valence-corrected chi connectivity index (χ4v) is 4.98.